The average Bonchev–Trinajstić information content (AvgIpc) is 2.70. The number of carbonyl (C=O) groups is 2. The maximum Gasteiger partial charge on any atom is 0.303 e. The fraction of sp³-hybridized carbons (Fsp3) is 0.857. The van der Waals surface area contributed by atoms with E-state index in [1.807, 2.05) is 0 Å². The van der Waals surface area contributed by atoms with E-state index in [1.54, 1.807) is 0 Å². The summed E-state index contributed by atoms with van der Waals surface area (Å²) in [6, 6.07) is 0. The molecular weight excluding hydrogens is 244 g/mol. The number of hydrogen-bond acceptors (Lipinski definition) is 3. The molecule has 5 nitrogen and oxygen atoms in total. The van der Waals surface area contributed by atoms with Gasteiger partial charge in [-0.25, -0.2) is 0 Å². The highest BCUT2D eigenvalue weighted by atomic mass is 16.4. The molecular formula is C14H26N2O3. The summed E-state index contributed by atoms with van der Waals surface area (Å²) in [7, 11) is 0. The number of amides is 1. The van der Waals surface area contributed by atoms with E-state index in [0.29, 0.717) is 18.4 Å². The van der Waals surface area contributed by atoms with E-state index < -0.39 is 5.97 Å². The first kappa shape index (κ1) is 16.0. The van der Waals surface area contributed by atoms with Crippen molar-refractivity contribution in [3.8, 4) is 0 Å². The Kier molecular flexibility index (Phi) is 6.28. The fourth-order valence-electron chi connectivity index (χ4n) is 2.69. The molecule has 1 aliphatic rings. The van der Waals surface area contributed by atoms with Gasteiger partial charge in [0, 0.05) is 19.5 Å². The maximum atomic E-state index is 12.0. The number of aliphatic carboxylic acids is 1. The molecule has 1 saturated heterocycles. The van der Waals surface area contributed by atoms with Gasteiger partial charge in [-0.15, -0.1) is 0 Å². The molecule has 3 N–H and O–H groups in total. The van der Waals surface area contributed by atoms with Crippen molar-refractivity contribution >= 4 is 11.9 Å². The van der Waals surface area contributed by atoms with E-state index in [1.165, 1.54) is 0 Å². The van der Waals surface area contributed by atoms with Gasteiger partial charge in [0.1, 0.15) is 0 Å². The fourth-order valence-corrected chi connectivity index (χ4v) is 2.69. The lowest BCUT2D eigenvalue weighted by Gasteiger charge is -2.20. The van der Waals surface area contributed by atoms with E-state index >= 15 is 0 Å². The average molecular weight is 270 g/mol. The number of carboxylic acids is 1. The third-order valence-electron chi connectivity index (χ3n) is 3.69. The SMILES string of the molecule is CC(C)C[C@H](CNC(=O)[C@H]1CNC[C@H]1C)CC(=O)O. The Bertz CT molecular complexity index is 318. The molecule has 0 aromatic carbocycles. The zero-order valence-corrected chi connectivity index (χ0v) is 12.1. The monoisotopic (exact) mass is 270 g/mol. The second-order valence-electron chi connectivity index (χ2n) is 6.08. The van der Waals surface area contributed by atoms with Crippen LogP contribution in [0.15, 0.2) is 0 Å². The second kappa shape index (κ2) is 7.48. The Hall–Kier alpha value is -1.10. The molecule has 1 aliphatic heterocycles. The highest BCUT2D eigenvalue weighted by molar-refractivity contribution is 5.79. The summed E-state index contributed by atoms with van der Waals surface area (Å²) in [4.78, 5) is 22.9. The zero-order valence-electron chi connectivity index (χ0n) is 12.1. The van der Waals surface area contributed by atoms with E-state index in [9.17, 15) is 9.59 Å². The van der Waals surface area contributed by atoms with Crippen molar-refractivity contribution < 1.29 is 14.7 Å². The topological polar surface area (TPSA) is 78.4 Å². The van der Waals surface area contributed by atoms with Gasteiger partial charge in [0.2, 0.25) is 5.91 Å². The number of carboxylic acid groups (broad SMARTS) is 1. The van der Waals surface area contributed by atoms with Crippen LogP contribution >= 0.6 is 0 Å². The Balaban J connectivity index is 2.41. The van der Waals surface area contributed by atoms with E-state index in [2.05, 4.69) is 31.4 Å². The standard InChI is InChI=1S/C14H26N2O3/c1-9(2)4-11(5-13(17)18)7-16-14(19)12-8-15-6-10(12)3/h9-12,15H,4-8H2,1-3H3,(H,16,19)(H,17,18)/t10-,11+,12+/m1/s1. The summed E-state index contributed by atoms with van der Waals surface area (Å²) in [5.41, 5.74) is 0. The number of carbonyl (C=O) groups excluding carboxylic acids is 1. The molecule has 0 saturated carbocycles. The van der Waals surface area contributed by atoms with Gasteiger partial charge in [-0.05, 0) is 30.7 Å². The van der Waals surface area contributed by atoms with Crippen LogP contribution in [-0.4, -0.2) is 36.6 Å². The highest BCUT2D eigenvalue weighted by Gasteiger charge is 2.29. The summed E-state index contributed by atoms with van der Waals surface area (Å²) in [6.07, 6.45) is 0.946. The van der Waals surface area contributed by atoms with Crippen molar-refractivity contribution in [1.29, 1.82) is 0 Å². The molecule has 1 amide bonds. The Morgan fingerprint density at radius 1 is 1.37 bits per heavy atom. The lowest BCUT2D eigenvalue weighted by atomic mass is 9.93. The quantitative estimate of drug-likeness (QED) is 0.647. The van der Waals surface area contributed by atoms with Crippen molar-refractivity contribution in [3.63, 3.8) is 0 Å². The van der Waals surface area contributed by atoms with E-state index in [0.717, 1.165) is 19.5 Å². The van der Waals surface area contributed by atoms with Gasteiger partial charge in [0.25, 0.3) is 0 Å². The Morgan fingerprint density at radius 3 is 2.53 bits per heavy atom. The Labute approximate surface area is 115 Å². The van der Waals surface area contributed by atoms with Gasteiger partial charge >= 0.3 is 5.97 Å². The molecule has 0 aromatic heterocycles. The summed E-state index contributed by atoms with van der Waals surface area (Å²) < 4.78 is 0. The summed E-state index contributed by atoms with van der Waals surface area (Å²) in [5.74, 6) is 0.0828. The molecule has 1 fully saturated rings. The van der Waals surface area contributed by atoms with E-state index in [4.69, 9.17) is 5.11 Å². The maximum absolute atomic E-state index is 12.0. The predicted molar refractivity (Wildman–Crippen MR) is 73.7 cm³/mol. The first-order chi connectivity index (χ1) is 8.90. The summed E-state index contributed by atoms with van der Waals surface area (Å²) in [6.45, 7) is 8.27. The van der Waals surface area contributed by atoms with Crippen molar-refractivity contribution in [2.75, 3.05) is 19.6 Å². The number of nitrogens with one attached hydrogen (secondary N) is 2. The number of hydrogen-bond donors (Lipinski definition) is 3. The molecule has 0 aliphatic carbocycles. The van der Waals surface area contributed by atoms with Crippen molar-refractivity contribution in [2.45, 2.75) is 33.6 Å². The van der Waals surface area contributed by atoms with Gasteiger partial charge in [0.05, 0.1) is 5.92 Å². The van der Waals surface area contributed by atoms with Gasteiger partial charge in [-0.2, -0.15) is 0 Å². The van der Waals surface area contributed by atoms with Gasteiger partial charge in [-0.1, -0.05) is 20.8 Å². The van der Waals surface area contributed by atoms with Crippen molar-refractivity contribution in [3.05, 3.63) is 0 Å². The van der Waals surface area contributed by atoms with Crippen LogP contribution in [0.25, 0.3) is 0 Å². The molecule has 1 heterocycles. The van der Waals surface area contributed by atoms with Gasteiger partial charge < -0.3 is 15.7 Å². The number of rotatable bonds is 7. The van der Waals surface area contributed by atoms with Gasteiger partial charge in [-0.3, -0.25) is 9.59 Å². The molecule has 0 spiro atoms. The van der Waals surface area contributed by atoms with Crippen LogP contribution < -0.4 is 10.6 Å². The van der Waals surface area contributed by atoms with Crippen LogP contribution in [0.5, 0.6) is 0 Å². The van der Waals surface area contributed by atoms with Crippen molar-refractivity contribution in [2.24, 2.45) is 23.7 Å². The molecule has 0 radical (unpaired) electrons. The van der Waals surface area contributed by atoms with Crippen molar-refractivity contribution in [1.82, 2.24) is 10.6 Å². The molecule has 0 unspecified atom stereocenters. The second-order valence-corrected chi connectivity index (χ2v) is 6.08. The molecule has 19 heavy (non-hydrogen) atoms. The van der Waals surface area contributed by atoms with Crippen LogP contribution in [0.2, 0.25) is 0 Å². The normalized spacial score (nSPS) is 24.4. The molecule has 0 aromatic rings. The Morgan fingerprint density at radius 2 is 2.05 bits per heavy atom. The molecule has 110 valence electrons. The molecule has 0 bridgehead atoms. The van der Waals surface area contributed by atoms with Crippen LogP contribution in [0.3, 0.4) is 0 Å². The first-order valence-corrected chi connectivity index (χ1v) is 7.10. The third-order valence-corrected chi connectivity index (χ3v) is 3.69. The molecule has 3 atom stereocenters. The minimum Gasteiger partial charge on any atom is -0.481 e. The minimum atomic E-state index is -0.796. The van der Waals surface area contributed by atoms with Crippen LogP contribution in [-0.2, 0) is 9.59 Å². The van der Waals surface area contributed by atoms with Crippen LogP contribution in [0.4, 0.5) is 0 Å². The third kappa shape index (κ3) is 5.59. The summed E-state index contributed by atoms with van der Waals surface area (Å²) >= 11 is 0. The minimum absolute atomic E-state index is 0.0181. The summed E-state index contributed by atoms with van der Waals surface area (Å²) in [5, 5.41) is 15.0. The predicted octanol–water partition coefficient (Wildman–Crippen LogP) is 1.10. The first-order valence-electron chi connectivity index (χ1n) is 7.10. The van der Waals surface area contributed by atoms with Gasteiger partial charge in [0.15, 0.2) is 0 Å². The highest BCUT2D eigenvalue weighted by Crippen LogP contribution is 2.18. The van der Waals surface area contributed by atoms with E-state index in [-0.39, 0.29) is 24.2 Å². The zero-order chi connectivity index (χ0) is 14.4. The largest absolute Gasteiger partial charge is 0.481 e. The smallest absolute Gasteiger partial charge is 0.303 e. The van der Waals surface area contributed by atoms with Crippen LogP contribution in [0.1, 0.15) is 33.6 Å². The lowest BCUT2D eigenvalue weighted by Crippen LogP contribution is -2.37. The van der Waals surface area contributed by atoms with Crippen LogP contribution in [0, 0.1) is 23.7 Å². The lowest BCUT2D eigenvalue weighted by molar-refractivity contribution is -0.138. The molecule has 1 rings (SSSR count). The molecule has 5 heteroatoms.